The van der Waals surface area contributed by atoms with E-state index < -0.39 is 15.3 Å². The van der Waals surface area contributed by atoms with Crippen LogP contribution >= 0.6 is 0 Å². The van der Waals surface area contributed by atoms with Gasteiger partial charge in [-0.15, -0.1) is 0 Å². The fraction of sp³-hybridized carbons (Fsp3) is 0.700. The summed E-state index contributed by atoms with van der Waals surface area (Å²) in [4.78, 5) is 0. The molecule has 1 rings (SSSR count). The SMILES string of the molecule is CCNCC(C)S(=O)(=O)NCCn1cccn1. The smallest absolute Gasteiger partial charge is 0.215 e. The molecule has 1 heterocycles. The van der Waals surface area contributed by atoms with Crippen LogP contribution in [-0.2, 0) is 16.6 Å². The normalized spacial score (nSPS) is 13.8. The van der Waals surface area contributed by atoms with Gasteiger partial charge in [0, 0.05) is 25.5 Å². The van der Waals surface area contributed by atoms with E-state index in [1.807, 2.05) is 13.0 Å². The van der Waals surface area contributed by atoms with Crippen molar-refractivity contribution in [2.45, 2.75) is 25.6 Å². The lowest BCUT2D eigenvalue weighted by atomic mass is 10.5. The molecule has 0 aliphatic rings. The Hall–Kier alpha value is -0.920. The third-order valence-electron chi connectivity index (χ3n) is 2.41. The van der Waals surface area contributed by atoms with Crippen molar-refractivity contribution in [3.8, 4) is 0 Å². The maximum Gasteiger partial charge on any atom is 0.215 e. The minimum Gasteiger partial charge on any atom is -0.316 e. The van der Waals surface area contributed by atoms with Crippen LogP contribution < -0.4 is 10.0 Å². The zero-order chi connectivity index (χ0) is 12.7. The maximum atomic E-state index is 11.8. The highest BCUT2D eigenvalue weighted by molar-refractivity contribution is 7.90. The van der Waals surface area contributed by atoms with Gasteiger partial charge in [0.05, 0.1) is 11.8 Å². The number of hydrogen-bond donors (Lipinski definition) is 2. The standard InChI is InChI=1S/C10H20N4O2S/c1-3-11-9-10(2)17(15,16)13-6-8-14-7-4-5-12-14/h4-5,7,10-11,13H,3,6,8-9H2,1-2H3. The van der Waals surface area contributed by atoms with Gasteiger partial charge in [0.15, 0.2) is 0 Å². The largest absolute Gasteiger partial charge is 0.316 e. The van der Waals surface area contributed by atoms with Gasteiger partial charge in [-0.05, 0) is 19.5 Å². The van der Waals surface area contributed by atoms with Crippen LogP contribution in [0.15, 0.2) is 18.5 Å². The predicted molar refractivity (Wildman–Crippen MR) is 67.2 cm³/mol. The van der Waals surface area contributed by atoms with E-state index in [4.69, 9.17) is 0 Å². The molecular formula is C10H20N4O2S. The first kappa shape index (κ1) is 14.1. The molecular weight excluding hydrogens is 240 g/mol. The maximum absolute atomic E-state index is 11.8. The molecule has 0 amide bonds. The summed E-state index contributed by atoms with van der Waals surface area (Å²) in [7, 11) is -3.24. The Morgan fingerprint density at radius 2 is 2.24 bits per heavy atom. The van der Waals surface area contributed by atoms with E-state index in [1.165, 1.54) is 0 Å². The fourth-order valence-electron chi connectivity index (χ4n) is 1.33. The average molecular weight is 260 g/mol. The van der Waals surface area contributed by atoms with E-state index >= 15 is 0 Å². The van der Waals surface area contributed by atoms with Gasteiger partial charge >= 0.3 is 0 Å². The topological polar surface area (TPSA) is 76.0 Å². The van der Waals surface area contributed by atoms with E-state index in [0.29, 0.717) is 19.6 Å². The number of nitrogens with one attached hydrogen (secondary N) is 2. The summed E-state index contributed by atoms with van der Waals surface area (Å²) in [6.45, 7) is 5.78. The molecule has 0 aliphatic heterocycles. The first-order valence-electron chi connectivity index (χ1n) is 5.73. The fourth-order valence-corrected chi connectivity index (χ4v) is 2.33. The number of sulfonamides is 1. The van der Waals surface area contributed by atoms with Gasteiger partial charge in [-0.25, -0.2) is 13.1 Å². The minimum atomic E-state index is -3.24. The molecule has 0 aromatic carbocycles. The predicted octanol–water partition coefficient (Wildman–Crippen LogP) is -0.199. The highest BCUT2D eigenvalue weighted by Gasteiger charge is 2.19. The molecule has 0 fully saturated rings. The van der Waals surface area contributed by atoms with Crippen LogP contribution in [0.25, 0.3) is 0 Å². The molecule has 0 spiro atoms. The minimum absolute atomic E-state index is 0.362. The van der Waals surface area contributed by atoms with Gasteiger partial charge in [-0.3, -0.25) is 4.68 Å². The molecule has 17 heavy (non-hydrogen) atoms. The second-order valence-corrected chi connectivity index (χ2v) is 6.01. The second kappa shape index (κ2) is 6.73. The van der Waals surface area contributed by atoms with Gasteiger partial charge in [0.25, 0.3) is 0 Å². The highest BCUT2D eigenvalue weighted by Crippen LogP contribution is 1.96. The molecule has 0 saturated carbocycles. The van der Waals surface area contributed by atoms with Gasteiger partial charge in [-0.2, -0.15) is 5.10 Å². The van der Waals surface area contributed by atoms with Crippen LogP contribution in [0.1, 0.15) is 13.8 Å². The number of nitrogens with zero attached hydrogens (tertiary/aromatic N) is 2. The van der Waals surface area contributed by atoms with Crippen molar-refractivity contribution in [1.29, 1.82) is 0 Å². The van der Waals surface area contributed by atoms with Gasteiger partial charge in [0.1, 0.15) is 0 Å². The van der Waals surface area contributed by atoms with Crippen molar-refractivity contribution in [3.05, 3.63) is 18.5 Å². The monoisotopic (exact) mass is 260 g/mol. The van der Waals surface area contributed by atoms with E-state index in [0.717, 1.165) is 6.54 Å². The Bertz CT molecular complexity index is 402. The van der Waals surface area contributed by atoms with E-state index in [9.17, 15) is 8.42 Å². The van der Waals surface area contributed by atoms with Crippen molar-refractivity contribution in [1.82, 2.24) is 19.8 Å². The number of hydrogen-bond acceptors (Lipinski definition) is 4. The Labute approximate surface area is 102 Å². The number of rotatable bonds is 8. The summed E-state index contributed by atoms with van der Waals surface area (Å²) in [5, 5.41) is 6.59. The number of aromatic nitrogens is 2. The first-order valence-corrected chi connectivity index (χ1v) is 7.27. The van der Waals surface area contributed by atoms with Gasteiger partial charge < -0.3 is 5.32 Å². The molecule has 1 atom stereocenters. The summed E-state index contributed by atoms with van der Waals surface area (Å²) in [6, 6.07) is 1.81. The first-order chi connectivity index (χ1) is 8.06. The summed E-state index contributed by atoms with van der Waals surface area (Å²) >= 11 is 0. The van der Waals surface area contributed by atoms with Crippen molar-refractivity contribution in [2.75, 3.05) is 19.6 Å². The van der Waals surface area contributed by atoms with Crippen molar-refractivity contribution in [3.63, 3.8) is 0 Å². The van der Waals surface area contributed by atoms with Crippen LogP contribution in [0.3, 0.4) is 0 Å². The van der Waals surface area contributed by atoms with E-state index in [2.05, 4.69) is 15.1 Å². The van der Waals surface area contributed by atoms with Crippen molar-refractivity contribution in [2.24, 2.45) is 0 Å². The lowest BCUT2D eigenvalue weighted by molar-refractivity contribution is 0.545. The molecule has 98 valence electrons. The summed E-state index contributed by atoms with van der Waals surface area (Å²) in [5.41, 5.74) is 0. The molecule has 1 aromatic rings. The zero-order valence-corrected chi connectivity index (χ0v) is 11.1. The summed E-state index contributed by atoms with van der Waals surface area (Å²) < 4.78 is 27.8. The van der Waals surface area contributed by atoms with Crippen LogP contribution in [-0.4, -0.2) is 43.1 Å². The quantitative estimate of drug-likeness (QED) is 0.679. The van der Waals surface area contributed by atoms with Crippen LogP contribution in [0.4, 0.5) is 0 Å². The third-order valence-corrected chi connectivity index (χ3v) is 4.25. The van der Waals surface area contributed by atoms with E-state index in [-0.39, 0.29) is 0 Å². The van der Waals surface area contributed by atoms with Crippen LogP contribution in [0.2, 0.25) is 0 Å². The lowest BCUT2D eigenvalue weighted by Crippen LogP contribution is -2.40. The molecule has 0 radical (unpaired) electrons. The summed E-state index contributed by atoms with van der Waals surface area (Å²) in [6.07, 6.45) is 3.47. The molecule has 6 nitrogen and oxygen atoms in total. The molecule has 1 aromatic heterocycles. The third kappa shape index (κ3) is 4.84. The van der Waals surface area contributed by atoms with Gasteiger partial charge in [0.2, 0.25) is 10.0 Å². The van der Waals surface area contributed by atoms with E-state index in [1.54, 1.807) is 24.0 Å². The second-order valence-electron chi connectivity index (χ2n) is 3.83. The lowest BCUT2D eigenvalue weighted by Gasteiger charge is -2.14. The molecule has 2 N–H and O–H groups in total. The zero-order valence-electron chi connectivity index (χ0n) is 10.3. The average Bonchev–Trinajstić information content (AvgIpc) is 2.78. The Morgan fingerprint density at radius 1 is 1.47 bits per heavy atom. The molecule has 1 unspecified atom stereocenters. The van der Waals surface area contributed by atoms with Crippen LogP contribution in [0, 0.1) is 0 Å². The van der Waals surface area contributed by atoms with Gasteiger partial charge in [-0.1, -0.05) is 6.92 Å². The highest BCUT2D eigenvalue weighted by atomic mass is 32.2. The Balaban J connectivity index is 2.33. The Morgan fingerprint density at radius 3 is 2.82 bits per heavy atom. The van der Waals surface area contributed by atoms with Crippen molar-refractivity contribution < 1.29 is 8.42 Å². The summed E-state index contributed by atoms with van der Waals surface area (Å²) in [5.74, 6) is 0. The molecule has 0 bridgehead atoms. The molecule has 0 saturated heterocycles. The van der Waals surface area contributed by atoms with Crippen LogP contribution in [0.5, 0.6) is 0 Å². The molecule has 0 aliphatic carbocycles. The van der Waals surface area contributed by atoms with Crippen molar-refractivity contribution >= 4 is 10.0 Å². The molecule has 7 heteroatoms. The Kier molecular flexibility index (Phi) is 5.60.